The molecule has 31 heavy (non-hydrogen) atoms. The van der Waals surface area contributed by atoms with Crippen molar-refractivity contribution < 1.29 is 22.7 Å². The van der Waals surface area contributed by atoms with Crippen molar-refractivity contribution in [3.63, 3.8) is 0 Å². The second-order valence-electron chi connectivity index (χ2n) is 7.55. The minimum Gasteiger partial charge on any atom is -0.454 e. The Labute approximate surface area is 186 Å². The molecule has 2 heterocycles. The first-order valence-electron chi connectivity index (χ1n) is 9.89. The summed E-state index contributed by atoms with van der Waals surface area (Å²) in [6.45, 7) is 5.13. The van der Waals surface area contributed by atoms with E-state index < -0.39 is 10.0 Å². The summed E-state index contributed by atoms with van der Waals surface area (Å²) in [6, 6.07) is 8.60. The topological polar surface area (TPSA) is 76.2 Å². The Balaban J connectivity index is 1.39. The smallest absolute Gasteiger partial charge is 0.246 e. The molecule has 7 nitrogen and oxygen atoms in total. The molecule has 0 saturated carbocycles. The molecule has 0 atom stereocenters. The van der Waals surface area contributed by atoms with Gasteiger partial charge in [0.05, 0.1) is 9.92 Å². The number of halogens is 1. The molecule has 2 aliphatic rings. The van der Waals surface area contributed by atoms with Crippen LogP contribution in [0, 0.1) is 13.8 Å². The Kier molecular flexibility index (Phi) is 5.96. The zero-order valence-electron chi connectivity index (χ0n) is 17.3. The maximum Gasteiger partial charge on any atom is 0.246 e. The Morgan fingerprint density at radius 2 is 1.77 bits per heavy atom. The lowest BCUT2D eigenvalue weighted by Crippen LogP contribution is -2.50. The van der Waals surface area contributed by atoms with Crippen LogP contribution >= 0.6 is 11.6 Å². The van der Waals surface area contributed by atoms with E-state index in [-0.39, 0.29) is 30.7 Å². The van der Waals surface area contributed by atoms with Gasteiger partial charge >= 0.3 is 0 Å². The van der Waals surface area contributed by atoms with Gasteiger partial charge in [-0.1, -0.05) is 17.7 Å². The zero-order chi connectivity index (χ0) is 22.2. The summed E-state index contributed by atoms with van der Waals surface area (Å²) < 4.78 is 37.9. The molecule has 2 aromatic rings. The molecule has 2 aromatic carbocycles. The fourth-order valence-corrected chi connectivity index (χ4v) is 5.31. The molecule has 0 spiro atoms. The van der Waals surface area contributed by atoms with E-state index >= 15 is 0 Å². The van der Waals surface area contributed by atoms with Gasteiger partial charge in [-0.15, -0.1) is 0 Å². The van der Waals surface area contributed by atoms with Gasteiger partial charge in [0.2, 0.25) is 22.7 Å². The lowest BCUT2D eigenvalue weighted by atomic mass is 10.1. The lowest BCUT2D eigenvalue weighted by Gasteiger charge is -2.33. The van der Waals surface area contributed by atoms with Crippen molar-refractivity contribution in [1.29, 1.82) is 0 Å². The fraction of sp³-hybridized carbons (Fsp3) is 0.318. The van der Waals surface area contributed by atoms with Crippen LogP contribution in [0.2, 0.25) is 5.02 Å². The normalized spacial score (nSPS) is 16.8. The molecule has 9 heteroatoms. The van der Waals surface area contributed by atoms with E-state index in [1.54, 1.807) is 35.2 Å². The Morgan fingerprint density at radius 3 is 2.48 bits per heavy atom. The van der Waals surface area contributed by atoms with Crippen molar-refractivity contribution in [3.05, 3.63) is 58.1 Å². The highest BCUT2D eigenvalue weighted by Crippen LogP contribution is 2.40. The van der Waals surface area contributed by atoms with Crippen LogP contribution in [0.5, 0.6) is 11.5 Å². The summed E-state index contributed by atoms with van der Waals surface area (Å²) in [5.74, 6) is 0.869. The minimum atomic E-state index is -3.58. The van der Waals surface area contributed by atoms with E-state index in [2.05, 4.69) is 0 Å². The number of piperazine rings is 1. The van der Waals surface area contributed by atoms with Gasteiger partial charge in [0.25, 0.3) is 0 Å². The minimum absolute atomic E-state index is 0.122. The largest absolute Gasteiger partial charge is 0.454 e. The summed E-state index contributed by atoms with van der Waals surface area (Å²) in [5.41, 5.74) is 2.70. The second-order valence-corrected chi connectivity index (χ2v) is 9.89. The number of hydrogen-bond donors (Lipinski definition) is 0. The number of hydrogen-bond acceptors (Lipinski definition) is 5. The van der Waals surface area contributed by atoms with Gasteiger partial charge in [0.1, 0.15) is 0 Å². The molecule has 0 radical (unpaired) electrons. The summed E-state index contributed by atoms with van der Waals surface area (Å²) in [4.78, 5) is 14.5. The standard InChI is InChI=1S/C22H23ClN2O5S/c1-15-3-5-18(11-16(15)2)31(27,28)25-9-7-24(8-10-25)21(26)6-4-17-12-19(23)22-20(13-17)29-14-30-22/h3-6,11-13H,7-10,14H2,1-2H3/b6-4+. The van der Waals surface area contributed by atoms with E-state index in [1.807, 2.05) is 19.9 Å². The zero-order valence-corrected chi connectivity index (χ0v) is 18.9. The van der Waals surface area contributed by atoms with E-state index in [4.69, 9.17) is 21.1 Å². The van der Waals surface area contributed by atoms with Crippen molar-refractivity contribution >= 4 is 33.6 Å². The van der Waals surface area contributed by atoms with E-state index in [0.717, 1.165) is 16.7 Å². The lowest BCUT2D eigenvalue weighted by molar-refractivity contribution is -0.127. The number of amides is 1. The van der Waals surface area contributed by atoms with Crippen LogP contribution in [-0.2, 0) is 14.8 Å². The van der Waals surface area contributed by atoms with Gasteiger partial charge in [-0.05, 0) is 60.9 Å². The van der Waals surface area contributed by atoms with Crippen LogP contribution in [0.1, 0.15) is 16.7 Å². The third-order valence-electron chi connectivity index (χ3n) is 5.53. The average Bonchev–Trinajstić information content (AvgIpc) is 3.23. The summed E-state index contributed by atoms with van der Waals surface area (Å²) >= 11 is 6.17. The fourth-order valence-electron chi connectivity index (χ4n) is 3.53. The highest BCUT2D eigenvalue weighted by molar-refractivity contribution is 7.89. The monoisotopic (exact) mass is 462 g/mol. The maximum atomic E-state index is 12.9. The van der Waals surface area contributed by atoms with Crippen molar-refractivity contribution in [2.75, 3.05) is 33.0 Å². The molecule has 1 saturated heterocycles. The van der Waals surface area contributed by atoms with Gasteiger partial charge in [0.15, 0.2) is 11.5 Å². The van der Waals surface area contributed by atoms with Crippen molar-refractivity contribution in [2.45, 2.75) is 18.7 Å². The number of carbonyl (C=O) groups excluding carboxylic acids is 1. The van der Waals surface area contributed by atoms with Gasteiger partial charge in [0, 0.05) is 32.3 Å². The summed E-state index contributed by atoms with van der Waals surface area (Å²) in [6.07, 6.45) is 3.12. The maximum absolute atomic E-state index is 12.9. The Bertz CT molecular complexity index is 1150. The predicted octanol–water partition coefficient (Wildman–Crippen LogP) is 3.23. The summed E-state index contributed by atoms with van der Waals surface area (Å²) in [5, 5.41) is 0.423. The van der Waals surface area contributed by atoms with E-state index in [9.17, 15) is 13.2 Å². The number of ether oxygens (including phenoxy) is 2. The van der Waals surface area contributed by atoms with Gasteiger partial charge in [-0.25, -0.2) is 8.42 Å². The predicted molar refractivity (Wildman–Crippen MR) is 118 cm³/mol. The molecule has 1 amide bonds. The van der Waals surface area contributed by atoms with Crippen LogP contribution < -0.4 is 9.47 Å². The number of fused-ring (bicyclic) bond motifs is 1. The first kappa shape index (κ1) is 21.7. The highest BCUT2D eigenvalue weighted by Gasteiger charge is 2.29. The third kappa shape index (κ3) is 4.42. The number of sulfonamides is 1. The molecule has 0 aliphatic carbocycles. The van der Waals surface area contributed by atoms with Crippen LogP contribution in [0.25, 0.3) is 6.08 Å². The molecular weight excluding hydrogens is 440 g/mol. The number of carbonyl (C=O) groups is 1. The van der Waals surface area contributed by atoms with Crippen molar-refractivity contribution in [2.24, 2.45) is 0 Å². The third-order valence-corrected chi connectivity index (χ3v) is 7.71. The quantitative estimate of drug-likeness (QED) is 0.652. The number of nitrogens with zero attached hydrogens (tertiary/aromatic N) is 2. The molecule has 0 aromatic heterocycles. The molecule has 2 aliphatic heterocycles. The van der Waals surface area contributed by atoms with Crippen LogP contribution in [-0.4, -0.2) is 56.5 Å². The van der Waals surface area contributed by atoms with Gasteiger partial charge in [-0.3, -0.25) is 4.79 Å². The van der Waals surface area contributed by atoms with Crippen LogP contribution in [0.3, 0.4) is 0 Å². The molecule has 0 unspecified atom stereocenters. The van der Waals surface area contributed by atoms with Crippen LogP contribution in [0.15, 0.2) is 41.3 Å². The Hall–Kier alpha value is -2.55. The molecule has 0 N–H and O–H groups in total. The summed E-state index contributed by atoms with van der Waals surface area (Å²) in [7, 11) is -3.58. The number of rotatable bonds is 4. The Morgan fingerprint density at radius 1 is 1.03 bits per heavy atom. The SMILES string of the molecule is Cc1ccc(S(=O)(=O)N2CCN(C(=O)/C=C/c3cc(Cl)c4c(c3)OCO4)CC2)cc1C. The molecule has 164 valence electrons. The first-order chi connectivity index (χ1) is 14.8. The molecule has 0 bridgehead atoms. The molecule has 4 rings (SSSR count). The molecule has 1 fully saturated rings. The number of aryl methyl sites for hydroxylation is 2. The van der Waals surface area contributed by atoms with Crippen LogP contribution in [0.4, 0.5) is 0 Å². The first-order valence-corrected chi connectivity index (χ1v) is 11.7. The highest BCUT2D eigenvalue weighted by atomic mass is 35.5. The number of benzene rings is 2. The van der Waals surface area contributed by atoms with Gasteiger partial charge in [-0.2, -0.15) is 4.31 Å². The molecular formula is C22H23ClN2O5S. The second kappa shape index (κ2) is 8.53. The van der Waals surface area contributed by atoms with Crippen molar-refractivity contribution in [1.82, 2.24) is 9.21 Å². The van der Waals surface area contributed by atoms with E-state index in [1.165, 1.54) is 10.4 Å². The van der Waals surface area contributed by atoms with Crippen molar-refractivity contribution in [3.8, 4) is 11.5 Å². The van der Waals surface area contributed by atoms with E-state index in [0.29, 0.717) is 29.6 Å². The van der Waals surface area contributed by atoms with Gasteiger partial charge < -0.3 is 14.4 Å². The average molecular weight is 463 g/mol.